The smallest absolute Gasteiger partial charge is 0.268 e. The van der Waals surface area contributed by atoms with E-state index in [4.69, 9.17) is 5.11 Å². The van der Waals surface area contributed by atoms with Crippen molar-refractivity contribution in [3.05, 3.63) is 22.5 Å². The van der Waals surface area contributed by atoms with Crippen molar-refractivity contribution in [2.24, 2.45) is 5.92 Å². The van der Waals surface area contributed by atoms with Crippen LogP contribution in [0.15, 0.2) is 0 Å². The number of hydrogen-bond acceptors (Lipinski definition) is 3. The molecule has 0 spiro atoms. The van der Waals surface area contributed by atoms with Gasteiger partial charge in [-0.15, -0.1) is 0 Å². The Hall–Kier alpha value is -1.62. The quantitative estimate of drug-likeness (QED) is 0.674. The second kappa shape index (κ2) is 7.41. The third-order valence-corrected chi connectivity index (χ3v) is 3.79. The number of aromatic nitrogens is 1. The number of rotatable bonds is 7. The number of aryl methyl sites for hydroxylation is 1. The second-order valence-electron chi connectivity index (χ2n) is 5.72. The van der Waals surface area contributed by atoms with Crippen LogP contribution >= 0.6 is 0 Å². The van der Waals surface area contributed by atoms with Gasteiger partial charge in [-0.25, -0.2) is 0 Å². The summed E-state index contributed by atoms with van der Waals surface area (Å²) >= 11 is 0. The van der Waals surface area contributed by atoms with Crippen LogP contribution in [0.3, 0.4) is 0 Å². The first-order valence-electron chi connectivity index (χ1n) is 7.47. The van der Waals surface area contributed by atoms with E-state index in [1.165, 1.54) is 6.92 Å². The lowest BCUT2D eigenvalue weighted by atomic mass is 10.00. The van der Waals surface area contributed by atoms with Gasteiger partial charge < -0.3 is 15.4 Å². The molecule has 0 saturated heterocycles. The van der Waals surface area contributed by atoms with Crippen LogP contribution in [0.2, 0.25) is 0 Å². The molecule has 0 aromatic carbocycles. The number of H-pyrrole nitrogens is 1. The van der Waals surface area contributed by atoms with E-state index in [0.29, 0.717) is 24.1 Å². The summed E-state index contributed by atoms with van der Waals surface area (Å²) in [5, 5.41) is 12.0. The molecular formula is C16H26N2O3. The van der Waals surface area contributed by atoms with Gasteiger partial charge in [0.25, 0.3) is 5.91 Å². The molecule has 5 nitrogen and oxygen atoms in total. The number of nitrogens with one attached hydrogen (secondary N) is 2. The molecule has 1 aromatic rings. The van der Waals surface area contributed by atoms with Crippen LogP contribution < -0.4 is 5.32 Å². The molecule has 0 bridgehead atoms. The maximum Gasteiger partial charge on any atom is 0.268 e. The standard InChI is InChI=1S/C16H26N2O3/c1-6-12-14(11(5)20)10(4)17-15(12)16(21)18-13(7-8-19)9(2)3/h9,13,17,19H,6-8H2,1-5H3,(H,18,21). The predicted molar refractivity (Wildman–Crippen MR) is 82.7 cm³/mol. The Labute approximate surface area is 126 Å². The Morgan fingerprint density at radius 1 is 1.33 bits per heavy atom. The summed E-state index contributed by atoms with van der Waals surface area (Å²) in [5.41, 5.74) is 2.58. The largest absolute Gasteiger partial charge is 0.396 e. The fraction of sp³-hybridized carbons (Fsp3) is 0.625. The average molecular weight is 294 g/mol. The van der Waals surface area contributed by atoms with Crippen LogP contribution in [-0.2, 0) is 6.42 Å². The molecule has 1 rings (SSSR count). The first kappa shape index (κ1) is 17.4. The molecule has 1 aromatic heterocycles. The van der Waals surface area contributed by atoms with E-state index in [2.05, 4.69) is 10.3 Å². The molecule has 1 heterocycles. The van der Waals surface area contributed by atoms with E-state index in [0.717, 1.165) is 11.3 Å². The van der Waals surface area contributed by atoms with E-state index >= 15 is 0 Å². The summed E-state index contributed by atoms with van der Waals surface area (Å²) in [6.07, 6.45) is 1.14. The second-order valence-corrected chi connectivity index (χ2v) is 5.72. The summed E-state index contributed by atoms with van der Waals surface area (Å²) in [4.78, 5) is 27.2. The topological polar surface area (TPSA) is 82.2 Å². The highest BCUT2D eigenvalue weighted by atomic mass is 16.3. The molecule has 21 heavy (non-hydrogen) atoms. The highest BCUT2D eigenvalue weighted by Gasteiger charge is 2.24. The van der Waals surface area contributed by atoms with E-state index in [9.17, 15) is 9.59 Å². The molecule has 0 saturated carbocycles. The average Bonchev–Trinajstić information content (AvgIpc) is 2.74. The first-order chi connectivity index (χ1) is 9.83. The van der Waals surface area contributed by atoms with Crippen molar-refractivity contribution in [1.29, 1.82) is 0 Å². The number of carbonyl (C=O) groups excluding carboxylic acids is 2. The van der Waals surface area contributed by atoms with Gasteiger partial charge in [0.2, 0.25) is 0 Å². The Balaban J connectivity index is 3.07. The van der Waals surface area contributed by atoms with Gasteiger partial charge in [0.1, 0.15) is 5.69 Å². The zero-order chi connectivity index (χ0) is 16.2. The highest BCUT2D eigenvalue weighted by Crippen LogP contribution is 2.21. The molecule has 0 aliphatic heterocycles. The Morgan fingerprint density at radius 2 is 1.95 bits per heavy atom. The zero-order valence-electron chi connectivity index (χ0n) is 13.5. The van der Waals surface area contributed by atoms with Crippen LogP contribution in [0.1, 0.15) is 66.2 Å². The number of aromatic amines is 1. The van der Waals surface area contributed by atoms with Gasteiger partial charge in [-0.2, -0.15) is 0 Å². The van der Waals surface area contributed by atoms with Gasteiger partial charge in [-0.1, -0.05) is 20.8 Å². The predicted octanol–water partition coefficient (Wildman–Crippen LogP) is 2.22. The number of ketones is 1. The normalized spacial score (nSPS) is 12.5. The number of amides is 1. The van der Waals surface area contributed by atoms with Crippen molar-refractivity contribution in [3.63, 3.8) is 0 Å². The van der Waals surface area contributed by atoms with Gasteiger partial charge in [0, 0.05) is 23.9 Å². The molecule has 5 heteroatoms. The van der Waals surface area contributed by atoms with Crippen LogP contribution in [0.5, 0.6) is 0 Å². The lowest BCUT2D eigenvalue weighted by molar-refractivity contribution is 0.0911. The van der Waals surface area contributed by atoms with Crippen molar-refractivity contribution < 1.29 is 14.7 Å². The van der Waals surface area contributed by atoms with Crippen molar-refractivity contribution >= 4 is 11.7 Å². The molecule has 0 aliphatic rings. The number of Topliss-reactive ketones (excluding diaryl/α,β-unsaturated/α-hetero) is 1. The summed E-state index contributed by atoms with van der Waals surface area (Å²) in [6, 6.07) is -0.0865. The van der Waals surface area contributed by atoms with Crippen LogP contribution in [0, 0.1) is 12.8 Å². The van der Waals surface area contributed by atoms with Crippen molar-refractivity contribution in [2.75, 3.05) is 6.61 Å². The lowest BCUT2D eigenvalue weighted by Gasteiger charge is -2.21. The SMILES string of the molecule is CCc1c(C(=O)NC(CCO)C(C)C)[nH]c(C)c1C(C)=O. The molecule has 118 valence electrons. The Morgan fingerprint density at radius 3 is 2.38 bits per heavy atom. The van der Waals surface area contributed by atoms with Crippen LogP contribution in [0.4, 0.5) is 0 Å². The fourth-order valence-electron chi connectivity index (χ4n) is 2.65. The summed E-state index contributed by atoms with van der Waals surface area (Å²) in [5.74, 6) is -0.0143. The van der Waals surface area contributed by atoms with E-state index in [1.807, 2.05) is 20.8 Å². The lowest BCUT2D eigenvalue weighted by Crippen LogP contribution is -2.39. The van der Waals surface area contributed by atoms with E-state index in [-0.39, 0.29) is 30.3 Å². The number of aliphatic hydroxyl groups is 1. The first-order valence-corrected chi connectivity index (χ1v) is 7.47. The molecule has 3 N–H and O–H groups in total. The molecule has 0 aliphatic carbocycles. The number of hydrogen-bond donors (Lipinski definition) is 3. The zero-order valence-corrected chi connectivity index (χ0v) is 13.5. The minimum Gasteiger partial charge on any atom is -0.396 e. The molecule has 1 amide bonds. The monoisotopic (exact) mass is 294 g/mol. The summed E-state index contributed by atoms with van der Waals surface area (Å²) < 4.78 is 0. The van der Waals surface area contributed by atoms with Gasteiger partial charge in [0.15, 0.2) is 5.78 Å². The summed E-state index contributed by atoms with van der Waals surface area (Å²) in [6.45, 7) is 9.29. The molecular weight excluding hydrogens is 268 g/mol. The van der Waals surface area contributed by atoms with Gasteiger partial charge >= 0.3 is 0 Å². The minimum absolute atomic E-state index is 0.0320. The third-order valence-electron chi connectivity index (χ3n) is 3.79. The number of aliphatic hydroxyl groups excluding tert-OH is 1. The van der Waals surface area contributed by atoms with E-state index < -0.39 is 0 Å². The minimum atomic E-state index is -0.213. The van der Waals surface area contributed by atoms with Crippen molar-refractivity contribution in [1.82, 2.24) is 10.3 Å². The number of carbonyl (C=O) groups is 2. The van der Waals surface area contributed by atoms with Crippen LogP contribution in [0.25, 0.3) is 0 Å². The molecule has 1 unspecified atom stereocenters. The van der Waals surface area contributed by atoms with Gasteiger partial charge in [-0.3, -0.25) is 9.59 Å². The maximum absolute atomic E-state index is 12.5. The molecule has 0 fully saturated rings. The molecule has 0 radical (unpaired) electrons. The fourth-order valence-corrected chi connectivity index (χ4v) is 2.65. The van der Waals surface area contributed by atoms with Gasteiger partial charge in [0.05, 0.1) is 0 Å². The van der Waals surface area contributed by atoms with Crippen molar-refractivity contribution in [3.8, 4) is 0 Å². The third kappa shape index (κ3) is 3.94. The van der Waals surface area contributed by atoms with Crippen molar-refractivity contribution in [2.45, 2.75) is 53.5 Å². The molecule has 1 atom stereocenters. The Kier molecular flexibility index (Phi) is 6.15. The maximum atomic E-state index is 12.5. The Bertz CT molecular complexity index is 518. The highest BCUT2D eigenvalue weighted by molar-refractivity contribution is 6.02. The van der Waals surface area contributed by atoms with Gasteiger partial charge in [-0.05, 0) is 38.2 Å². The van der Waals surface area contributed by atoms with E-state index in [1.54, 1.807) is 6.92 Å². The summed E-state index contributed by atoms with van der Waals surface area (Å²) in [7, 11) is 0. The van der Waals surface area contributed by atoms with Crippen LogP contribution in [-0.4, -0.2) is 34.4 Å².